The first-order valence-electron chi connectivity index (χ1n) is 6.33. The summed E-state index contributed by atoms with van der Waals surface area (Å²) in [6.45, 7) is 6.61. The maximum Gasteiger partial charge on any atom is 0.129 e. The number of hydrogen-bond acceptors (Lipinski definition) is 2. The van der Waals surface area contributed by atoms with E-state index in [1.807, 2.05) is 0 Å². The number of aliphatic hydroxyl groups excluding tert-OH is 1. The van der Waals surface area contributed by atoms with Gasteiger partial charge in [-0.2, -0.15) is 0 Å². The molecule has 0 heterocycles. The van der Waals surface area contributed by atoms with Crippen LogP contribution in [0, 0.1) is 5.82 Å². The van der Waals surface area contributed by atoms with Gasteiger partial charge < -0.3 is 10.0 Å². The van der Waals surface area contributed by atoms with E-state index in [9.17, 15) is 9.50 Å². The molecule has 0 saturated carbocycles. The van der Waals surface area contributed by atoms with Crippen LogP contribution in [-0.4, -0.2) is 29.6 Å². The van der Waals surface area contributed by atoms with E-state index < -0.39 is 6.10 Å². The van der Waals surface area contributed by atoms with Gasteiger partial charge in [0.25, 0.3) is 0 Å². The van der Waals surface area contributed by atoms with Gasteiger partial charge in [-0.05, 0) is 32.0 Å². The van der Waals surface area contributed by atoms with Crippen LogP contribution >= 0.6 is 0 Å². The van der Waals surface area contributed by atoms with Crippen LogP contribution in [0.2, 0.25) is 0 Å². The van der Waals surface area contributed by atoms with Gasteiger partial charge in [0, 0.05) is 12.1 Å². The summed E-state index contributed by atoms with van der Waals surface area (Å²) in [6.07, 6.45) is 1.35. The molecule has 1 aromatic rings. The Bertz CT molecular complexity index is 324. The van der Waals surface area contributed by atoms with Crippen molar-refractivity contribution in [3.63, 3.8) is 0 Å². The Labute approximate surface area is 103 Å². The fourth-order valence-electron chi connectivity index (χ4n) is 2.02. The zero-order valence-corrected chi connectivity index (χ0v) is 10.7. The summed E-state index contributed by atoms with van der Waals surface area (Å²) < 4.78 is 13.5. The van der Waals surface area contributed by atoms with E-state index in [2.05, 4.69) is 18.7 Å². The number of rotatable bonds is 7. The summed E-state index contributed by atoms with van der Waals surface area (Å²) in [6, 6.07) is 6.44. The quantitative estimate of drug-likeness (QED) is 0.790. The molecule has 0 amide bonds. The van der Waals surface area contributed by atoms with Crippen LogP contribution in [-0.2, 0) is 0 Å². The van der Waals surface area contributed by atoms with E-state index in [-0.39, 0.29) is 5.82 Å². The Kier molecular flexibility index (Phi) is 6.16. The molecule has 0 aliphatic heterocycles. The molecule has 3 heteroatoms. The molecule has 0 saturated heterocycles. The molecule has 0 radical (unpaired) electrons. The zero-order valence-electron chi connectivity index (χ0n) is 10.7. The second-order valence-corrected chi connectivity index (χ2v) is 4.34. The number of hydrogen-bond donors (Lipinski definition) is 1. The molecule has 2 nitrogen and oxygen atoms in total. The summed E-state index contributed by atoms with van der Waals surface area (Å²) >= 11 is 0. The van der Waals surface area contributed by atoms with E-state index in [0.29, 0.717) is 12.1 Å². The minimum atomic E-state index is -0.741. The van der Waals surface area contributed by atoms with Crippen molar-refractivity contribution in [3.05, 3.63) is 35.6 Å². The van der Waals surface area contributed by atoms with Gasteiger partial charge in [-0.1, -0.05) is 32.0 Å². The van der Waals surface area contributed by atoms with Gasteiger partial charge in [0.1, 0.15) is 5.82 Å². The van der Waals surface area contributed by atoms with E-state index in [1.54, 1.807) is 18.2 Å². The fraction of sp³-hybridized carbons (Fsp3) is 0.571. The number of halogens is 1. The number of nitrogens with zero attached hydrogens (tertiary/aromatic N) is 1. The molecule has 0 spiro atoms. The molecule has 0 bridgehead atoms. The Morgan fingerprint density at radius 3 is 2.29 bits per heavy atom. The minimum absolute atomic E-state index is 0.326. The number of benzene rings is 1. The first-order chi connectivity index (χ1) is 8.19. The lowest BCUT2D eigenvalue weighted by Crippen LogP contribution is -2.30. The Hall–Kier alpha value is -0.930. The lowest BCUT2D eigenvalue weighted by Gasteiger charge is -2.24. The average molecular weight is 239 g/mol. The van der Waals surface area contributed by atoms with Crippen LogP contribution in [0.15, 0.2) is 24.3 Å². The molecule has 1 N–H and O–H groups in total. The third kappa shape index (κ3) is 4.44. The highest BCUT2D eigenvalue weighted by molar-refractivity contribution is 5.19. The van der Waals surface area contributed by atoms with Gasteiger partial charge in [-0.25, -0.2) is 4.39 Å². The Morgan fingerprint density at radius 2 is 1.76 bits per heavy atom. The van der Waals surface area contributed by atoms with Gasteiger partial charge in [0.15, 0.2) is 0 Å². The van der Waals surface area contributed by atoms with Crippen molar-refractivity contribution in [2.45, 2.75) is 32.8 Å². The summed E-state index contributed by atoms with van der Waals surface area (Å²) in [5, 5.41) is 10.0. The van der Waals surface area contributed by atoms with Crippen LogP contribution in [0.5, 0.6) is 0 Å². The van der Waals surface area contributed by atoms with Crippen LogP contribution in [0.3, 0.4) is 0 Å². The molecule has 0 aliphatic carbocycles. The van der Waals surface area contributed by atoms with Gasteiger partial charge in [-0.15, -0.1) is 0 Å². The van der Waals surface area contributed by atoms with Crippen molar-refractivity contribution in [1.82, 2.24) is 4.90 Å². The monoisotopic (exact) mass is 239 g/mol. The van der Waals surface area contributed by atoms with E-state index in [0.717, 1.165) is 25.9 Å². The van der Waals surface area contributed by atoms with Crippen molar-refractivity contribution >= 4 is 0 Å². The maximum atomic E-state index is 13.5. The van der Waals surface area contributed by atoms with Crippen LogP contribution in [0.25, 0.3) is 0 Å². The predicted octanol–water partition coefficient (Wildman–Crippen LogP) is 2.98. The van der Waals surface area contributed by atoms with Crippen molar-refractivity contribution < 1.29 is 9.50 Å². The smallest absolute Gasteiger partial charge is 0.129 e. The zero-order chi connectivity index (χ0) is 12.7. The maximum absolute atomic E-state index is 13.5. The summed E-state index contributed by atoms with van der Waals surface area (Å²) in [7, 11) is 0. The van der Waals surface area contributed by atoms with Crippen molar-refractivity contribution in [3.8, 4) is 0 Å². The molecule has 96 valence electrons. The molecule has 1 atom stereocenters. The molecule has 0 aromatic heterocycles. The van der Waals surface area contributed by atoms with E-state index in [1.165, 1.54) is 6.07 Å². The van der Waals surface area contributed by atoms with Crippen LogP contribution in [0.1, 0.15) is 38.4 Å². The molecule has 17 heavy (non-hydrogen) atoms. The molecule has 1 unspecified atom stereocenters. The normalized spacial score (nSPS) is 13.0. The standard InChI is InChI=1S/C14H22FNO/c1-3-9-16(10-4-2)11-14(17)12-7-5-6-8-13(12)15/h5-8,14,17H,3-4,9-11H2,1-2H3. The highest BCUT2D eigenvalue weighted by Gasteiger charge is 2.15. The molecule has 1 rings (SSSR count). The lowest BCUT2D eigenvalue weighted by atomic mass is 10.1. The van der Waals surface area contributed by atoms with Gasteiger partial charge >= 0.3 is 0 Å². The second kappa shape index (κ2) is 7.41. The topological polar surface area (TPSA) is 23.5 Å². The van der Waals surface area contributed by atoms with Crippen molar-refractivity contribution in [1.29, 1.82) is 0 Å². The van der Waals surface area contributed by atoms with E-state index in [4.69, 9.17) is 0 Å². The summed E-state index contributed by atoms with van der Waals surface area (Å²) in [5.74, 6) is -0.326. The largest absolute Gasteiger partial charge is 0.387 e. The average Bonchev–Trinajstić information content (AvgIpc) is 2.30. The predicted molar refractivity (Wildman–Crippen MR) is 68.4 cm³/mol. The molecular weight excluding hydrogens is 217 g/mol. The highest BCUT2D eigenvalue weighted by Crippen LogP contribution is 2.17. The molecule has 0 aliphatic rings. The number of aliphatic hydroxyl groups is 1. The van der Waals surface area contributed by atoms with Crippen molar-refractivity contribution in [2.75, 3.05) is 19.6 Å². The van der Waals surface area contributed by atoms with Gasteiger partial charge in [0.2, 0.25) is 0 Å². The molecular formula is C14H22FNO. The Morgan fingerprint density at radius 1 is 1.18 bits per heavy atom. The second-order valence-electron chi connectivity index (χ2n) is 4.34. The molecule has 0 fully saturated rings. The van der Waals surface area contributed by atoms with Crippen LogP contribution in [0.4, 0.5) is 4.39 Å². The van der Waals surface area contributed by atoms with Gasteiger partial charge in [-0.3, -0.25) is 0 Å². The SMILES string of the molecule is CCCN(CCC)CC(O)c1ccccc1F. The third-order valence-electron chi connectivity index (χ3n) is 2.78. The summed E-state index contributed by atoms with van der Waals surface area (Å²) in [5.41, 5.74) is 0.393. The van der Waals surface area contributed by atoms with E-state index >= 15 is 0 Å². The van der Waals surface area contributed by atoms with Crippen LogP contribution < -0.4 is 0 Å². The van der Waals surface area contributed by atoms with Gasteiger partial charge in [0.05, 0.1) is 6.10 Å². The fourth-order valence-corrected chi connectivity index (χ4v) is 2.02. The highest BCUT2D eigenvalue weighted by atomic mass is 19.1. The first kappa shape index (κ1) is 14.1. The lowest BCUT2D eigenvalue weighted by molar-refractivity contribution is 0.110. The Balaban J connectivity index is 2.63. The minimum Gasteiger partial charge on any atom is -0.387 e. The first-order valence-corrected chi connectivity index (χ1v) is 6.33. The van der Waals surface area contributed by atoms with Crippen molar-refractivity contribution in [2.24, 2.45) is 0 Å². The third-order valence-corrected chi connectivity index (χ3v) is 2.78. The molecule has 1 aromatic carbocycles. The summed E-state index contributed by atoms with van der Waals surface area (Å²) in [4.78, 5) is 2.18.